The highest BCUT2D eigenvalue weighted by molar-refractivity contribution is 14.1. The lowest BCUT2D eigenvalue weighted by Crippen LogP contribution is -2.31. The van der Waals surface area contributed by atoms with Gasteiger partial charge in [0, 0.05) is 10.6 Å². The highest BCUT2D eigenvalue weighted by Gasteiger charge is 2.20. The largest absolute Gasteiger partial charge is 0.449 e. The topological polar surface area (TPSA) is 110 Å². The standard InChI is InChI=1S/C16H13IN4O4S2/c17-4-1-6-25-16(24)21-12(22)9-3-7-26-14(9)20-13(23)15-19-10-8-18-5-2-11(10)27-15/h2-3,5,7-8H,1,4,6H2,(H,20,23)(H,21,22,24). The minimum absolute atomic E-state index is 0.182. The van der Waals surface area contributed by atoms with Gasteiger partial charge in [0.1, 0.15) is 10.5 Å². The first-order valence-corrected chi connectivity index (χ1v) is 10.9. The van der Waals surface area contributed by atoms with Crippen molar-refractivity contribution in [3.63, 3.8) is 0 Å². The predicted octanol–water partition coefficient (Wildman–Crippen LogP) is 3.70. The molecule has 0 aliphatic heterocycles. The van der Waals surface area contributed by atoms with Crippen LogP contribution in [0, 0.1) is 0 Å². The smallest absolute Gasteiger partial charge is 0.414 e. The number of aromatic nitrogens is 2. The summed E-state index contributed by atoms with van der Waals surface area (Å²) in [6.07, 6.45) is 3.10. The van der Waals surface area contributed by atoms with E-state index >= 15 is 0 Å². The highest BCUT2D eigenvalue weighted by atomic mass is 127. The van der Waals surface area contributed by atoms with Crippen molar-refractivity contribution in [3.8, 4) is 0 Å². The number of anilines is 1. The van der Waals surface area contributed by atoms with Crippen LogP contribution in [-0.4, -0.2) is 38.9 Å². The maximum Gasteiger partial charge on any atom is 0.414 e. The van der Waals surface area contributed by atoms with Gasteiger partial charge in [-0.3, -0.25) is 19.9 Å². The van der Waals surface area contributed by atoms with Gasteiger partial charge in [0.25, 0.3) is 11.8 Å². The molecule has 3 aromatic rings. The molecular formula is C16H13IN4O4S2. The molecule has 3 heterocycles. The number of thiophene rings is 1. The number of alkyl halides is 1. The fraction of sp³-hybridized carbons (Fsp3) is 0.188. The fourth-order valence-corrected chi connectivity index (χ4v) is 3.95. The van der Waals surface area contributed by atoms with Crippen LogP contribution in [-0.2, 0) is 4.74 Å². The highest BCUT2D eigenvalue weighted by Crippen LogP contribution is 2.26. The van der Waals surface area contributed by atoms with Crippen molar-refractivity contribution in [2.24, 2.45) is 0 Å². The van der Waals surface area contributed by atoms with E-state index in [2.05, 4.69) is 43.2 Å². The van der Waals surface area contributed by atoms with Gasteiger partial charge in [-0.1, -0.05) is 22.6 Å². The van der Waals surface area contributed by atoms with Crippen LogP contribution < -0.4 is 10.6 Å². The summed E-state index contributed by atoms with van der Waals surface area (Å²) in [6, 6.07) is 3.30. The number of halogens is 1. The molecule has 0 fully saturated rings. The molecule has 3 amide bonds. The second kappa shape index (κ2) is 9.19. The minimum Gasteiger partial charge on any atom is -0.449 e. The van der Waals surface area contributed by atoms with Gasteiger partial charge in [0.05, 0.1) is 23.1 Å². The zero-order valence-electron chi connectivity index (χ0n) is 13.7. The number of nitrogens with zero attached hydrogens (tertiary/aromatic N) is 2. The van der Waals surface area contributed by atoms with Gasteiger partial charge in [-0.2, -0.15) is 0 Å². The lowest BCUT2D eigenvalue weighted by Gasteiger charge is -2.06. The van der Waals surface area contributed by atoms with Crippen molar-refractivity contribution in [1.82, 2.24) is 15.3 Å². The van der Waals surface area contributed by atoms with Gasteiger partial charge in [-0.15, -0.1) is 22.7 Å². The Labute approximate surface area is 175 Å². The van der Waals surface area contributed by atoms with E-state index in [4.69, 9.17) is 4.74 Å². The molecule has 8 nitrogen and oxygen atoms in total. The zero-order valence-corrected chi connectivity index (χ0v) is 17.5. The van der Waals surface area contributed by atoms with Gasteiger partial charge < -0.3 is 10.1 Å². The summed E-state index contributed by atoms with van der Waals surface area (Å²) < 4.78 is 6.59. The zero-order chi connectivity index (χ0) is 19.2. The molecule has 11 heteroatoms. The molecule has 0 radical (unpaired) electrons. The van der Waals surface area contributed by atoms with Crippen LogP contribution in [0.3, 0.4) is 0 Å². The first-order valence-electron chi connectivity index (χ1n) is 7.72. The number of hydrogen-bond donors (Lipinski definition) is 2. The number of carbonyl (C=O) groups excluding carboxylic acids is 3. The van der Waals surface area contributed by atoms with E-state index in [1.807, 2.05) is 0 Å². The van der Waals surface area contributed by atoms with E-state index in [0.29, 0.717) is 16.9 Å². The van der Waals surface area contributed by atoms with Crippen LogP contribution in [0.15, 0.2) is 29.9 Å². The molecule has 0 aromatic carbocycles. The molecule has 0 saturated heterocycles. The SMILES string of the molecule is O=C(NC(=O)c1ccsc1NC(=O)c1nc2cnccc2s1)OCCCI. The van der Waals surface area contributed by atoms with Crippen molar-refractivity contribution in [3.05, 3.63) is 40.5 Å². The number of pyridine rings is 1. The van der Waals surface area contributed by atoms with E-state index in [1.165, 1.54) is 28.7 Å². The Bertz CT molecular complexity index is 955. The van der Waals surface area contributed by atoms with Crippen LogP contribution in [0.1, 0.15) is 26.6 Å². The monoisotopic (exact) mass is 516 g/mol. The number of carbonyl (C=O) groups is 3. The van der Waals surface area contributed by atoms with Crippen molar-refractivity contribution >= 4 is 78.4 Å². The third kappa shape index (κ3) is 4.99. The summed E-state index contributed by atoms with van der Waals surface area (Å²) >= 11 is 4.57. The van der Waals surface area contributed by atoms with Gasteiger partial charge in [-0.25, -0.2) is 9.78 Å². The first kappa shape index (κ1) is 19.6. The average Bonchev–Trinajstić information content (AvgIpc) is 3.28. The molecule has 0 saturated carbocycles. The summed E-state index contributed by atoms with van der Waals surface area (Å²) in [5, 5.41) is 7.05. The number of ether oxygens (including phenoxy) is 1. The average molecular weight is 516 g/mol. The van der Waals surface area contributed by atoms with E-state index in [-0.39, 0.29) is 17.2 Å². The van der Waals surface area contributed by atoms with Gasteiger partial charge in [0.2, 0.25) is 0 Å². The lowest BCUT2D eigenvalue weighted by atomic mass is 10.3. The van der Waals surface area contributed by atoms with Crippen molar-refractivity contribution in [2.75, 3.05) is 16.4 Å². The van der Waals surface area contributed by atoms with Gasteiger partial charge >= 0.3 is 6.09 Å². The summed E-state index contributed by atoms with van der Waals surface area (Å²) in [7, 11) is 0. The number of alkyl carbamates (subject to hydrolysis) is 1. The summed E-state index contributed by atoms with van der Waals surface area (Å²) in [5.41, 5.74) is 0.813. The molecule has 0 bridgehead atoms. The van der Waals surface area contributed by atoms with Gasteiger partial charge in [-0.05, 0) is 23.9 Å². The van der Waals surface area contributed by atoms with Crippen molar-refractivity contribution < 1.29 is 19.1 Å². The normalized spacial score (nSPS) is 10.6. The lowest BCUT2D eigenvalue weighted by molar-refractivity contribution is 0.0921. The summed E-state index contributed by atoms with van der Waals surface area (Å²) in [5.74, 6) is -1.07. The molecule has 0 unspecified atom stereocenters. The van der Waals surface area contributed by atoms with E-state index in [9.17, 15) is 14.4 Å². The molecule has 0 aliphatic rings. The number of hydrogen-bond acceptors (Lipinski definition) is 8. The van der Waals surface area contributed by atoms with Crippen molar-refractivity contribution in [2.45, 2.75) is 6.42 Å². The van der Waals surface area contributed by atoms with Crippen LogP contribution in [0.4, 0.5) is 9.80 Å². The molecule has 2 N–H and O–H groups in total. The number of fused-ring (bicyclic) bond motifs is 1. The Hall–Kier alpha value is -2.12. The maximum absolute atomic E-state index is 12.5. The Balaban J connectivity index is 1.66. The third-order valence-electron chi connectivity index (χ3n) is 3.25. The second-order valence-electron chi connectivity index (χ2n) is 5.11. The molecule has 27 heavy (non-hydrogen) atoms. The molecule has 0 spiro atoms. The Morgan fingerprint density at radius 2 is 2.07 bits per heavy atom. The van der Waals surface area contributed by atoms with Crippen molar-refractivity contribution in [1.29, 1.82) is 0 Å². The maximum atomic E-state index is 12.5. The molecule has 140 valence electrons. The van der Waals surface area contributed by atoms with Crippen LogP contribution in [0.25, 0.3) is 10.2 Å². The number of nitrogens with one attached hydrogen (secondary N) is 2. The van der Waals surface area contributed by atoms with E-state index < -0.39 is 17.9 Å². The van der Waals surface area contributed by atoms with E-state index in [1.54, 1.807) is 23.8 Å². The fourth-order valence-electron chi connectivity index (χ4n) is 2.03. The van der Waals surface area contributed by atoms with Crippen LogP contribution >= 0.6 is 45.3 Å². The Kier molecular flexibility index (Phi) is 6.68. The Morgan fingerprint density at radius 3 is 2.85 bits per heavy atom. The second-order valence-corrected chi connectivity index (χ2v) is 8.14. The predicted molar refractivity (Wildman–Crippen MR) is 112 cm³/mol. The first-order chi connectivity index (χ1) is 13.1. The van der Waals surface area contributed by atoms with Crippen LogP contribution in [0.5, 0.6) is 0 Å². The number of imide groups is 1. The third-order valence-corrected chi connectivity index (χ3v) is 5.88. The molecule has 0 aliphatic carbocycles. The number of rotatable bonds is 6. The molecule has 3 rings (SSSR count). The van der Waals surface area contributed by atoms with Crippen LogP contribution in [0.2, 0.25) is 0 Å². The molecular weight excluding hydrogens is 503 g/mol. The number of amides is 3. The molecule has 3 aromatic heterocycles. The Morgan fingerprint density at radius 1 is 1.22 bits per heavy atom. The summed E-state index contributed by atoms with van der Waals surface area (Å²) in [4.78, 5) is 44.5. The van der Waals surface area contributed by atoms with Gasteiger partial charge in [0.15, 0.2) is 5.01 Å². The summed E-state index contributed by atoms with van der Waals surface area (Å²) in [6.45, 7) is 0.238. The molecule has 0 atom stereocenters. The number of thiazole rings is 1. The quantitative estimate of drug-likeness (QED) is 0.294. The van der Waals surface area contributed by atoms with E-state index in [0.717, 1.165) is 9.13 Å². The minimum atomic E-state index is -0.813.